The number of rotatable bonds is 2. The summed E-state index contributed by atoms with van der Waals surface area (Å²) in [5, 5.41) is 8.88. The first-order valence-corrected chi connectivity index (χ1v) is 4.64. The van der Waals surface area contributed by atoms with Crippen LogP contribution < -0.4 is 0 Å². The summed E-state index contributed by atoms with van der Waals surface area (Å²) in [6.45, 7) is 5.49. The number of hydrogen-bond acceptors (Lipinski definition) is 2. The van der Waals surface area contributed by atoms with Crippen molar-refractivity contribution in [2.45, 2.75) is 27.2 Å². The number of Topliss-reactive ketones (excluding diaryl/α,β-unsaturated/α-hetero) is 1. The Morgan fingerprint density at radius 2 is 2.14 bits per heavy atom. The van der Waals surface area contributed by atoms with E-state index in [-0.39, 0.29) is 5.78 Å². The number of benzene rings is 1. The highest BCUT2D eigenvalue weighted by molar-refractivity contribution is 5.96. The fraction of sp³-hybridized carbons (Fsp3) is 0.333. The Bertz CT molecular complexity index is 413. The summed E-state index contributed by atoms with van der Waals surface area (Å²) >= 11 is 0. The summed E-state index contributed by atoms with van der Waals surface area (Å²) in [4.78, 5) is 11.2. The minimum absolute atomic E-state index is 0.0488. The second kappa shape index (κ2) is 4.06. The third-order valence-electron chi connectivity index (χ3n) is 2.36. The molecule has 14 heavy (non-hydrogen) atoms. The van der Waals surface area contributed by atoms with E-state index in [0.29, 0.717) is 11.1 Å². The van der Waals surface area contributed by atoms with E-state index in [1.807, 2.05) is 19.9 Å². The van der Waals surface area contributed by atoms with Crippen molar-refractivity contribution < 1.29 is 4.79 Å². The van der Waals surface area contributed by atoms with Crippen LogP contribution in [-0.2, 0) is 6.42 Å². The van der Waals surface area contributed by atoms with Gasteiger partial charge in [-0.05, 0) is 43.5 Å². The molecule has 1 rings (SSSR count). The summed E-state index contributed by atoms with van der Waals surface area (Å²) in [6, 6.07) is 5.67. The predicted octanol–water partition coefficient (Wildman–Crippen LogP) is 2.63. The Hall–Kier alpha value is -1.62. The molecule has 1 aromatic rings. The minimum Gasteiger partial charge on any atom is -0.294 e. The van der Waals surface area contributed by atoms with E-state index in [0.717, 1.165) is 17.5 Å². The monoisotopic (exact) mass is 187 g/mol. The molecular weight excluding hydrogens is 174 g/mol. The van der Waals surface area contributed by atoms with Crippen molar-refractivity contribution in [2.24, 2.45) is 0 Å². The largest absolute Gasteiger partial charge is 0.294 e. The van der Waals surface area contributed by atoms with Crippen LogP contribution in [0.2, 0.25) is 0 Å². The molecule has 0 aliphatic rings. The molecule has 0 amide bonds. The molecule has 0 saturated heterocycles. The first-order chi connectivity index (χ1) is 6.60. The number of nitriles is 1. The lowest BCUT2D eigenvalue weighted by molar-refractivity contribution is 0.101. The van der Waals surface area contributed by atoms with Gasteiger partial charge in [-0.15, -0.1) is 0 Å². The number of hydrogen-bond donors (Lipinski definition) is 0. The first kappa shape index (κ1) is 10.5. The van der Waals surface area contributed by atoms with Crippen molar-refractivity contribution in [1.29, 1.82) is 5.26 Å². The van der Waals surface area contributed by atoms with Gasteiger partial charge < -0.3 is 0 Å². The molecule has 0 unspecified atom stereocenters. The Balaban J connectivity index is 3.41. The van der Waals surface area contributed by atoms with Crippen LogP contribution in [0.1, 0.15) is 40.9 Å². The summed E-state index contributed by atoms with van der Waals surface area (Å²) in [6.07, 6.45) is 0.888. The number of nitrogens with zero attached hydrogens (tertiary/aromatic N) is 1. The van der Waals surface area contributed by atoms with Crippen LogP contribution in [0.15, 0.2) is 12.1 Å². The number of carbonyl (C=O) groups excluding carboxylic acids is 1. The van der Waals surface area contributed by atoms with Gasteiger partial charge in [-0.25, -0.2) is 0 Å². The van der Waals surface area contributed by atoms with Crippen LogP contribution in [0.3, 0.4) is 0 Å². The molecule has 0 aliphatic heterocycles. The van der Waals surface area contributed by atoms with E-state index in [9.17, 15) is 4.79 Å². The van der Waals surface area contributed by atoms with Crippen LogP contribution in [0.25, 0.3) is 0 Å². The summed E-state index contributed by atoms with van der Waals surface area (Å²) in [5.74, 6) is -0.0488. The summed E-state index contributed by atoms with van der Waals surface area (Å²) in [5.41, 5.74) is 3.23. The molecule has 0 saturated carbocycles. The third-order valence-corrected chi connectivity index (χ3v) is 2.36. The Morgan fingerprint density at radius 3 is 2.57 bits per heavy atom. The van der Waals surface area contributed by atoms with Crippen LogP contribution in [0.5, 0.6) is 0 Å². The van der Waals surface area contributed by atoms with Gasteiger partial charge in [0.15, 0.2) is 5.78 Å². The Morgan fingerprint density at radius 1 is 1.50 bits per heavy atom. The molecule has 1 aromatic carbocycles. The third kappa shape index (κ3) is 1.82. The highest BCUT2D eigenvalue weighted by Gasteiger charge is 2.09. The van der Waals surface area contributed by atoms with Crippen LogP contribution in [-0.4, -0.2) is 5.78 Å². The summed E-state index contributed by atoms with van der Waals surface area (Å²) < 4.78 is 0. The average molecular weight is 187 g/mol. The fourth-order valence-electron chi connectivity index (χ4n) is 1.52. The molecule has 0 aromatic heterocycles. The van der Waals surface area contributed by atoms with E-state index in [2.05, 4.69) is 6.07 Å². The lowest BCUT2D eigenvalue weighted by Crippen LogP contribution is -2.00. The van der Waals surface area contributed by atoms with Gasteiger partial charge in [0.25, 0.3) is 0 Å². The molecule has 72 valence electrons. The molecule has 2 heteroatoms. The van der Waals surface area contributed by atoms with E-state index in [4.69, 9.17) is 5.26 Å². The second-order valence-electron chi connectivity index (χ2n) is 3.35. The van der Waals surface area contributed by atoms with Crippen molar-refractivity contribution in [3.8, 4) is 6.07 Å². The van der Waals surface area contributed by atoms with Gasteiger partial charge in [0.2, 0.25) is 0 Å². The maximum atomic E-state index is 11.2. The molecule has 0 atom stereocenters. The van der Waals surface area contributed by atoms with Gasteiger partial charge in [0.1, 0.15) is 0 Å². The molecule has 0 N–H and O–H groups in total. The van der Waals surface area contributed by atoms with Crippen LogP contribution in [0.4, 0.5) is 0 Å². The van der Waals surface area contributed by atoms with E-state index in [1.54, 1.807) is 6.07 Å². The maximum Gasteiger partial charge on any atom is 0.161 e. The van der Waals surface area contributed by atoms with Gasteiger partial charge in [-0.2, -0.15) is 5.26 Å². The maximum absolute atomic E-state index is 11.2. The topological polar surface area (TPSA) is 40.9 Å². The van der Waals surface area contributed by atoms with Gasteiger partial charge in [0.05, 0.1) is 11.6 Å². The van der Waals surface area contributed by atoms with Crippen LogP contribution >= 0.6 is 0 Å². The summed E-state index contributed by atoms with van der Waals surface area (Å²) in [7, 11) is 0. The van der Waals surface area contributed by atoms with Crippen molar-refractivity contribution >= 4 is 5.78 Å². The van der Waals surface area contributed by atoms with Gasteiger partial charge in [-0.1, -0.05) is 6.92 Å². The van der Waals surface area contributed by atoms with Crippen molar-refractivity contribution in [3.63, 3.8) is 0 Å². The molecular formula is C12H13NO. The predicted molar refractivity (Wildman–Crippen MR) is 55.3 cm³/mol. The zero-order valence-electron chi connectivity index (χ0n) is 8.72. The van der Waals surface area contributed by atoms with Gasteiger partial charge >= 0.3 is 0 Å². The Kier molecular flexibility index (Phi) is 3.03. The Labute approximate surface area is 84.2 Å². The highest BCUT2D eigenvalue weighted by Crippen LogP contribution is 2.17. The number of aryl methyl sites for hydroxylation is 2. The van der Waals surface area contributed by atoms with Gasteiger partial charge in [-0.3, -0.25) is 4.79 Å². The van der Waals surface area contributed by atoms with E-state index < -0.39 is 0 Å². The second-order valence-corrected chi connectivity index (χ2v) is 3.35. The number of carbonyl (C=O) groups is 1. The minimum atomic E-state index is -0.0488. The van der Waals surface area contributed by atoms with Crippen molar-refractivity contribution in [2.75, 3.05) is 0 Å². The highest BCUT2D eigenvalue weighted by atomic mass is 16.1. The molecule has 0 heterocycles. The molecule has 0 fully saturated rings. The molecule has 0 bridgehead atoms. The molecule has 0 radical (unpaired) electrons. The average Bonchev–Trinajstić information content (AvgIpc) is 2.17. The lowest BCUT2D eigenvalue weighted by atomic mass is 9.96. The zero-order chi connectivity index (χ0) is 10.7. The first-order valence-electron chi connectivity index (χ1n) is 4.64. The normalized spacial score (nSPS) is 9.57. The quantitative estimate of drug-likeness (QED) is 0.668. The molecule has 0 spiro atoms. The standard InChI is InChI=1S/C12H13NO/c1-4-10-6-11(7-13)12(9(3)14)5-8(10)2/h5-6H,4H2,1-3H3. The fourth-order valence-corrected chi connectivity index (χ4v) is 1.52. The van der Waals surface area contributed by atoms with E-state index >= 15 is 0 Å². The van der Waals surface area contributed by atoms with Crippen LogP contribution in [0, 0.1) is 18.3 Å². The van der Waals surface area contributed by atoms with E-state index in [1.165, 1.54) is 6.92 Å². The van der Waals surface area contributed by atoms with Crippen molar-refractivity contribution in [3.05, 3.63) is 34.4 Å². The SMILES string of the molecule is CCc1cc(C#N)c(C(C)=O)cc1C. The number of ketones is 1. The smallest absolute Gasteiger partial charge is 0.161 e. The zero-order valence-corrected chi connectivity index (χ0v) is 8.72. The van der Waals surface area contributed by atoms with Crippen molar-refractivity contribution in [1.82, 2.24) is 0 Å². The molecule has 0 aliphatic carbocycles. The lowest BCUT2D eigenvalue weighted by Gasteiger charge is -2.06. The van der Waals surface area contributed by atoms with Gasteiger partial charge in [0, 0.05) is 5.56 Å². The molecule has 2 nitrogen and oxygen atoms in total.